The van der Waals surface area contributed by atoms with E-state index < -0.39 is 0 Å². The lowest BCUT2D eigenvalue weighted by molar-refractivity contribution is 0.715. The van der Waals surface area contributed by atoms with Crippen molar-refractivity contribution < 1.29 is 0 Å². The summed E-state index contributed by atoms with van der Waals surface area (Å²) in [5, 5.41) is 3.31. The molecule has 0 aliphatic rings. The molecule has 1 aromatic rings. The Morgan fingerprint density at radius 2 is 2.50 bits per heavy atom. The van der Waals surface area contributed by atoms with E-state index in [1.807, 2.05) is 6.07 Å². The minimum atomic E-state index is 0.307. The van der Waals surface area contributed by atoms with Gasteiger partial charge in [-0.2, -0.15) is 0 Å². The first-order valence-corrected chi connectivity index (χ1v) is 4.67. The third-order valence-electron chi connectivity index (χ3n) is 2.01. The number of anilines is 2. The van der Waals surface area contributed by atoms with Crippen LogP contribution in [-0.4, -0.2) is 11.0 Å². The molecular formula is C11H15N3. The van der Waals surface area contributed by atoms with Gasteiger partial charge in [-0.3, -0.25) is 0 Å². The molecule has 74 valence electrons. The Hall–Kier alpha value is -1.69. The molecule has 1 aromatic heterocycles. The van der Waals surface area contributed by atoms with Crippen molar-refractivity contribution in [2.75, 3.05) is 11.1 Å². The zero-order valence-corrected chi connectivity index (χ0v) is 8.33. The van der Waals surface area contributed by atoms with Gasteiger partial charge in [0.2, 0.25) is 0 Å². The van der Waals surface area contributed by atoms with E-state index in [2.05, 4.69) is 23.1 Å². The fourth-order valence-electron chi connectivity index (χ4n) is 1.21. The monoisotopic (exact) mass is 189 g/mol. The van der Waals surface area contributed by atoms with Crippen molar-refractivity contribution in [3.8, 4) is 12.3 Å². The third-order valence-corrected chi connectivity index (χ3v) is 2.01. The molecule has 3 heteroatoms. The summed E-state index contributed by atoms with van der Waals surface area (Å²) in [7, 11) is 0. The lowest BCUT2D eigenvalue weighted by atomic mass is 10.1. The molecule has 0 bridgehead atoms. The summed E-state index contributed by atoms with van der Waals surface area (Å²) in [5.74, 6) is 3.16. The number of terminal acetylenes is 1. The Kier molecular flexibility index (Phi) is 3.81. The van der Waals surface area contributed by atoms with E-state index >= 15 is 0 Å². The molecule has 3 N–H and O–H groups in total. The summed E-state index contributed by atoms with van der Waals surface area (Å²) in [5.41, 5.74) is 6.53. The minimum absolute atomic E-state index is 0.307. The van der Waals surface area contributed by atoms with Crippen molar-refractivity contribution in [2.24, 2.45) is 0 Å². The predicted octanol–water partition coefficient (Wildman–Crippen LogP) is 1.88. The standard InChI is InChI=1S/C11H15N3/c1-3-5-9(4-2)14-10-6-7-13-11(12)8-10/h1,6-9H,4-5H2,2H3,(H3,12,13,14). The summed E-state index contributed by atoms with van der Waals surface area (Å²) >= 11 is 0. The summed E-state index contributed by atoms with van der Waals surface area (Å²) in [4.78, 5) is 3.92. The Balaban J connectivity index is 2.63. The van der Waals surface area contributed by atoms with Crippen LogP contribution in [0.25, 0.3) is 0 Å². The first-order valence-electron chi connectivity index (χ1n) is 4.67. The highest BCUT2D eigenvalue weighted by atomic mass is 14.9. The first kappa shape index (κ1) is 10.4. The van der Waals surface area contributed by atoms with Crippen molar-refractivity contribution in [3.05, 3.63) is 18.3 Å². The molecule has 1 atom stereocenters. The average Bonchev–Trinajstić information content (AvgIpc) is 2.17. The van der Waals surface area contributed by atoms with Crippen molar-refractivity contribution in [2.45, 2.75) is 25.8 Å². The second kappa shape index (κ2) is 5.13. The Morgan fingerprint density at radius 3 is 3.07 bits per heavy atom. The molecular weight excluding hydrogens is 174 g/mol. The van der Waals surface area contributed by atoms with Gasteiger partial charge < -0.3 is 11.1 Å². The molecule has 0 saturated heterocycles. The van der Waals surface area contributed by atoms with Crippen LogP contribution in [-0.2, 0) is 0 Å². The lowest BCUT2D eigenvalue weighted by Crippen LogP contribution is -2.17. The van der Waals surface area contributed by atoms with Gasteiger partial charge in [0.1, 0.15) is 5.82 Å². The van der Waals surface area contributed by atoms with Gasteiger partial charge in [-0.1, -0.05) is 6.92 Å². The molecule has 0 saturated carbocycles. The number of nitrogen functional groups attached to an aromatic ring is 1. The highest BCUT2D eigenvalue weighted by molar-refractivity contribution is 5.50. The van der Waals surface area contributed by atoms with E-state index in [0.717, 1.165) is 18.5 Å². The number of rotatable bonds is 4. The Bertz CT molecular complexity index is 328. The second-order valence-corrected chi connectivity index (χ2v) is 3.13. The fourth-order valence-corrected chi connectivity index (χ4v) is 1.21. The molecule has 0 fully saturated rings. The first-order chi connectivity index (χ1) is 6.76. The van der Waals surface area contributed by atoms with Crippen LogP contribution in [0.1, 0.15) is 19.8 Å². The number of pyridine rings is 1. The van der Waals surface area contributed by atoms with Crippen LogP contribution in [0.2, 0.25) is 0 Å². The van der Waals surface area contributed by atoms with Crippen molar-refractivity contribution in [3.63, 3.8) is 0 Å². The zero-order chi connectivity index (χ0) is 10.4. The molecule has 3 nitrogen and oxygen atoms in total. The van der Waals surface area contributed by atoms with E-state index in [0.29, 0.717) is 11.9 Å². The number of nitrogens with one attached hydrogen (secondary N) is 1. The molecule has 0 radical (unpaired) electrons. The highest BCUT2D eigenvalue weighted by Crippen LogP contribution is 2.12. The van der Waals surface area contributed by atoms with Crippen molar-refractivity contribution in [1.82, 2.24) is 4.98 Å². The molecule has 1 unspecified atom stereocenters. The minimum Gasteiger partial charge on any atom is -0.384 e. The van der Waals surface area contributed by atoms with E-state index in [1.165, 1.54) is 0 Å². The van der Waals surface area contributed by atoms with Gasteiger partial charge in [-0.05, 0) is 12.5 Å². The molecule has 0 spiro atoms. The molecule has 1 heterocycles. The molecule has 0 aliphatic carbocycles. The number of nitrogens with zero attached hydrogens (tertiary/aromatic N) is 1. The van der Waals surface area contributed by atoms with Crippen LogP contribution in [0.5, 0.6) is 0 Å². The Morgan fingerprint density at radius 1 is 1.71 bits per heavy atom. The van der Waals surface area contributed by atoms with Gasteiger partial charge in [-0.25, -0.2) is 4.98 Å². The fraction of sp³-hybridized carbons (Fsp3) is 0.364. The summed E-state index contributed by atoms with van der Waals surface area (Å²) in [6, 6.07) is 4.00. The number of hydrogen-bond donors (Lipinski definition) is 2. The summed E-state index contributed by atoms with van der Waals surface area (Å²) in [6.45, 7) is 2.10. The van der Waals surface area contributed by atoms with Gasteiger partial charge >= 0.3 is 0 Å². The number of aromatic nitrogens is 1. The third kappa shape index (κ3) is 2.98. The second-order valence-electron chi connectivity index (χ2n) is 3.13. The predicted molar refractivity (Wildman–Crippen MR) is 59.8 cm³/mol. The van der Waals surface area contributed by atoms with Gasteiger partial charge in [0, 0.05) is 30.4 Å². The van der Waals surface area contributed by atoms with Gasteiger partial charge in [-0.15, -0.1) is 12.3 Å². The van der Waals surface area contributed by atoms with E-state index in [1.54, 1.807) is 12.3 Å². The topological polar surface area (TPSA) is 50.9 Å². The molecule has 0 amide bonds. The highest BCUT2D eigenvalue weighted by Gasteiger charge is 2.03. The van der Waals surface area contributed by atoms with Crippen molar-refractivity contribution >= 4 is 11.5 Å². The largest absolute Gasteiger partial charge is 0.384 e. The maximum atomic E-state index is 5.56. The quantitative estimate of drug-likeness (QED) is 0.711. The van der Waals surface area contributed by atoms with E-state index in [9.17, 15) is 0 Å². The maximum Gasteiger partial charge on any atom is 0.125 e. The Labute approximate surface area is 84.7 Å². The molecule has 14 heavy (non-hydrogen) atoms. The maximum absolute atomic E-state index is 5.56. The van der Waals surface area contributed by atoms with Crippen LogP contribution in [0, 0.1) is 12.3 Å². The number of hydrogen-bond acceptors (Lipinski definition) is 3. The SMILES string of the molecule is C#CCC(CC)Nc1ccnc(N)c1. The molecule has 0 aliphatic heterocycles. The van der Waals surface area contributed by atoms with Crippen LogP contribution in [0.3, 0.4) is 0 Å². The average molecular weight is 189 g/mol. The smallest absolute Gasteiger partial charge is 0.125 e. The lowest BCUT2D eigenvalue weighted by Gasteiger charge is -2.15. The van der Waals surface area contributed by atoms with Gasteiger partial charge in [0.25, 0.3) is 0 Å². The van der Waals surface area contributed by atoms with Crippen LogP contribution < -0.4 is 11.1 Å². The van der Waals surface area contributed by atoms with Gasteiger partial charge in [0.15, 0.2) is 0 Å². The van der Waals surface area contributed by atoms with Crippen LogP contribution in [0.15, 0.2) is 18.3 Å². The zero-order valence-electron chi connectivity index (χ0n) is 8.33. The molecule has 1 rings (SSSR count). The van der Waals surface area contributed by atoms with E-state index in [4.69, 9.17) is 12.2 Å². The summed E-state index contributed by atoms with van der Waals surface area (Å²) < 4.78 is 0. The normalized spacial score (nSPS) is 11.7. The summed E-state index contributed by atoms with van der Waals surface area (Å²) in [6.07, 6.45) is 8.66. The van der Waals surface area contributed by atoms with Crippen LogP contribution >= 0.6 is 0 Å². The van der Waals surface area contributed by atoms with Crippen molar-refractivity contribution in [1.29, 1.82) is 0 Å². The van der Waals surface area contributed by atoms with Crippen LogP contribution in [0.4, 0.5) is 11.5 Å². The number of nitrogens with two attached hydrogens (primary N) is 1. The van der Waals surface area contributed by atoms with E-state index in [-0.39, 0.29) is 0 Å². The molecule has 0 aromatic carbocycles. The van der Waals surface area contributed by atoms with Gasteiger partial charge in [0.05, 0.1) is 0 Å².